The Labute approximate surface area is 147 Å². The second-order valence-corrected chi connectivity index (χ2v) is 7.10. The Morgan fingerprint density at radius 3 is 2.57 bits per heavy atom. The molecule has 0 fully saturated rings. The van der Waals surface area contributed by atoms with Gasteiger partial charge >= 0.3 is 0 Å². The highest BCUT2D eigenvalue weighted by Crippen LogP contribution is 2.27. The number of hydrogen-bond acceptors (Lipinski definition) is 1. The molecule has 0 saturated heterocycles. The van der Waals surface area contributed by atoms with Crippen LogP contribution in [0.1, 0.15) is 30.5 Å². The van der Waals surface area contributed by atoms with Crippen LogP contribution in [0.2, 0.25) is 0 Å². The summed E-state index contributed by atoms with van der Waals surface area (Å²) < 4.78 is 15.7. The van der Waals surface area contributed by atoms with Gasteiger partial charge in [-0.1, -0.05) is 35.0 Å². The molecule has 2 aromatic carbocycles. The van der Waals surface area contributed by atoms with Crippen LogP contribution in [-0.4, -0.2) is 6.54 Å². The second kappa shape index (κ2) is 8.25. The monoisotopic (exact) mass is 461 g/mol. The van der Waals surface area contributed by atoms with Gasteiger partial charge in [-0.05, 0) is 83.4 Å². The van der Waals surface area contributed by atoms with Crippen molar-refractivity contribution in [3.63, 3.8) is 0 Å². The predicted molar refractivity (Wildman–Crippen MR) is 98.0 cm³/mol. The van der Waals surface area contributed by atoms with Crippen LogP contribution in [0.3, 0.4) is 0 Å². The highest BCUT2D eigenvalue weighted by Gasteiger charge is 2.15. The van der Waals surface area contributed by atoms with Crippen LogP contribution in [-0.2, 0) is 6.42 Å². The van der Waals surface area contributed by atoms with E-state index in [1.54, 1.807) is 12.1 Å². The van der Waals surface area contributed by atoms with Crippen LogP contribution in [0.15, 0.2) is 46.9 Å². The van der Waals surface area contributed by atoms with Crippen molar-refractivity contribution in [3.05, 3.63) is 67.5 Å². The lowest BCUT2D eigenvalue weighted by molar-refractivity contribution is 0.522. The third-order valence-corrected chi connectivity index (χ3v) is 4.77. The minimum atomic E-state index is -0.195. The summed E-state index contributed by atoms with van der Waals surface area (Å²) in [5.41, 5.74) is 2.22. The van der Waals surface area contributed by atoms with E-state index in [0.717, 1.165) is 29.4 Å². The number of benzene rings is 2. The maximum absolute atomic E-state index is 13.6. The molecule has 0 aliphatic carbocycles. The van der Waals surface area contributed by atoms with E-state index in [1.807, 2.05) is 0 Å². The largest absolute Gasteiger partial charge is 0.310 e. The van der Waals surface area contributed by atoms with Gasteiger partial charge in [0.1, 0.15) is 5.82 Å². The zero-order valence-electron chi connectivity index (χ0n) is 11.9. The zero-order chi connectivity index (χ0) is 15.2. The van der Waals surface area contributed by atoms with Crippen molar-refractivity contribution in [2.45, 2.75) is 25.8 Å². The minimum absolute atomic E-state index is 0.107. The lowest BCUT2D eigenvalue weighted by atomic mass is 9.98. The highest BCUT2D eigenvalue weighted by atomic mass is 127. The molecule has 1 unspecified atom stereocenters. The summed E-state index contributed by atoms with van der Waals surface area (Å²) in [5.74, 6) is -0.195. The maximum atomic E-state index is 13.6. The van der Waals surface area contributed by atoms with Crippen molar-refractivity contribution in [1.29, 1.82) is 0 Å². The third-order valence-electron chi connectivity index (χ3n) is 3.33. The van der Waals surface area contributed by atoms with Crippen LogP contribution in [0.4, 0.5) is 4.39 Å². The Balaban J connectivity index is 2.25. The molecule has 1 N–H and O–H groups in total. The SMILES string of the molecule is CCCNC(Cc1ccc(I)cc1)c1cc(F)ccc1Br. The Morgan fingerprint density at radius 2 is 1.90 bits per heavy atom. The Bertz CT molecular complexity index is 586. The van der Waals surface area contributed by atoms with E-state index < -0.39 is 0 Å². The Morgan fingerprint density at radius 1 is 1.19 bits per heavy atom. The molecule has 0 amide bonds. The molecule has 1 atom stereocenters. The van der Waals surface area contributed by atoms with E-state index in [0.29, 0.717) is 0 Å². The molecule has 112 valence electrons. The van der Waals surface area contributed by atoms with Crippen molar-refractivity contribution < 1.29 is 4.39 Å². The fourth-order valence-electron chi connectivity index (χ4n) is 2.25. The predicted octanol–water partition coefficient (Wildman–Crippen LogP) is 5.48. The molecule has 0 aromatic heterocycles. The fraction of sp³-hybridized carbons (Fsp3) is 0.294. The average molecular weight is 462 g/mol. The van der Waals surface area contributed by atoms with Gasteiger partial charge in [0, 0.05) is 14.1 Å². The van der Waals surface area contributed by atoms with Crippen molar-refractivity contribution in [1.82, 2.24) is 5.32 Å². The molecular formula is C17H18BrFIN. The number of halogens is 3. The third kappa shape index (κ3) is 5.04. The summed E-state index contributed by atoms with van der Waals surface area (Å²) in [6, 6.07) is 13.5. The normalized spacial score (nSPS) is 12.4. The molecular weight excluding hydrogens is 444 g/mol. The second-order valence-electron chi connectivity index (χ2n) is 5.00. The quantitative estimate of drug-likeness (QED) is 0.562. The summed E-state index contributed by atoms with van der Waals surface area (Å²) in [5, 5.41) is 3.52. The lowest BCUT2D eigenvalue weighted by Gasteiger charge is -2.21. The molecule has 21 heavy (non-hydrogen) atoms. The number of rotatable bonds is 6. The minimum Gasteiger partial charge on any atom is -0.310 e. The Kier molecular flexibility index (Phi) is 6.64. The summed E-state index contributed by atoms with van der Waals surface area (Å²) in [7, 11) is 0. The highest BCUT2D eigenvalue weighted by molar-refractivity contribution is 14.1. The van der Waals surface area contributed by atoms with E-state index >= 15 is 0 Å². The molecule has 0 spiro atoms. The van der Waals surface area contributed by atoms with Crippen LogP contribution >= 0.6 is 38.5 Å². The van der Waals surface area contributed by atoms with Crippen molar-refractivity contribution >= 4 is 38.5 Å². The van der Waals surface area contributed by atoms with Crippen molar-refractivity contribution in [2.24, 2.45) is 0 Å². The van der Waals surface area contributed by atoms with E-state index in [2.05, 4.69) is 75.0 Å². The van der Waals surface area contributed by atoms with Gasteiger partial charge in [-0.3, -0.25) is 0 Å². The number of nitrogens with one attached hydrogen (secondary N) is 1. The molecule has 2 aromatic rings. The zero-order valence-corrected chi connectivity index (χ0v) is 15.6. The van der Waals surface area contributed by atoms with Crippen molar-refractivity contribution in [3.8, 4) is 0 Å². The first kappa shape index (κ1) is 16.9. The lowest BCUT2D eigenvalue weighted by Crippen LogP contribution is -2.24. The van der Waals surface area contributed by atoms with Gasteiger partial charge in [0.05, 0.1) is 0 Å². The van der Waals surface area contributed by atoms with Crippen LogP contribution in [0.25, 0.3) is 0 Å². The van der Waals surface area contributed by atoms with Crippen LogP contribution in [0, 0.1) is 9.39 Å². The van der Waals surface area contributed by atoms with Gasteiger partial charge in [-0.15, -0.1) is 0 Å². The average Bonchev–Trinajstić information content (AvgIpc) is 2.48. The van der Waals surface area contributed by atoms with Gasteiger partial charge in [0.15, 0.2) is 0 Å². The summed E-state index contributed by atoms with van der Waals surface area (Å²) >= 11 is 5.84. The van der Waals surface area contributed by atoms with Crippen molar-refractivity contribution in [2.75, 3.05) is 6.54 Å². The molecule has 0 heterocycles. The Hall–Kier alpha value is -0.460. The van der Waals surface area contributed by atoms with Crippen LogP contribution < -0.4 is 5.32 Å². The van der Waals surface area contributed by atoms with Gasteiger partial charge in [-0.25, -0.2) is 4.39 Å². The van der Waals surface area contributed by atoms with E-state index in [9.17, 15) is 4.39 Å². The maximum Gasteiger partial charge on any atom is 0.123 e. The summed E-state index contributed by atoms with van der Waals surface area (Å²) in [6.07, 6.45) is 1.90. The molecule has 0 radical (unpaired) electrons. The molecule has 0 aliphatic heterocycles. The molecule has 0 saturated carbocycles. The molecule has 0 bridgehead atoms. The van der Waals surface area contributed by atoms with E-state index in [4.69, 9.17) is 0 Å². The first-order valence-corrected chi connectivity index (χ1v) is 8.90. The summed E-state index contributed by atoms with van der Waals surface area (Å²) in [4.78, 5) is 0. The van der Waals surface area contributed by atoms with E-state index in [1.165, 1.54) is 15.2 Å². The molecule has 0 aliphatic rings. The molecule has 4 heteroatoms. The first-order chi connectivity index (χ1) is 10.1. The van der Waals surface area contributed by atoms with E-state index in [-0.39, 0.29) is 11.9 Å². The first-order valence-electron chi connectivity index (χ1n) is 7.03. The van der Waals surface area contributed by atoms with Gasteiger partial charge in [-0.2, -0.15) is 0 Å². The van der Waals surface area contributed by atoms with Gasteiger partial charge in [0.2, 0.25) is 0 Å². The fourth-order valence-corrected chi connectivity index (χ4v) is 3.13. The smallest absolute Gasteiger partial charge is 0.123 e. The number of hydrogen-bond donors (Lipinski definition) is 1. The van der Waals surface area contributed by atoms with Gasteiger partial charge < -0.3 is 5.32 Å². The van der Waals surface area contributed by atoms with Gasteiger partial charge in [0.25, 0.3) is 0 Å². The summed E-state index contributed by atoms with van der Waals surface area (Å²) in [6.45, 7) is 3.05. The topological polar surface area (TPSA) is 12.0 Å². The van der Waals surface area contributed by atoms with Crippen LogP contribution in [0.5, 0.6) is 0 Å². The molecule has 2 rings (SSSR count). The standard InChI is InChI=1S/C17H18BrFIN/c1-2-9-21-17(10-12-3-6-14(20)7-4-12)15-11-13(19)5-8-16(15)18/h3-8,11,17,21H,2,9-10H2,1H3. The molecule has 1 nitrogen and oxygen atoms in total.